The Hall–Kier alpha value is -2.92. The first-order valence-corrected chi connectivity index (χ1v) is 7.99. The summed E-state index contributed by atoms with van der Waals surface area (Å²) in [5.74, 6) is -0.499. The zero-order valence-corrected chi connectivity index (χ0v) is 13.7. The predicted octanol–water partition coefficient (Wildman–Crippen LogP) is 4.70. The van der Waals surface area contributed by atoms with Crippen molar-refractivity contribution < 1.29 is 13.6 Å². The van der Waals surface area contributed by atoms with Crippen LogP contribution in [-0.2, 0) is 6.54 Å². The highest BCUT2D eigenvalue weighted by molar-refractivity contribution is 6.31. The van der Waals surface area contributed by atoms with E-state index >= 15 is 0 Å². The first-order chi connectivity index (χ1) is 12.1. The monoisotopic (exact) mass is 354 g/mol. The summed E-state index contributed by atoms with van der Waals surface area (Å²) in [5.41, 5.74) is 1.87. The summed E-state index contributed by atoms with van der Waals surface area (Å²) in [5, 5.41) is 4.98. The smallest absolute Gasteiger partial charge is 0.287 e. The maximum absolute atomic E-state index is 12.9. The molecule has 0 radical (unpaired) electrons. The van der Waals surface area contributed by atoms with Gasteiger partial charge in [0, 0.05) is 22.3 Å². The van der Waals surface area contributed by atoms with Gasteiger partial charge in [0.15, 0.2) is 5.76 Å². The molecule has 1 amide bonds. The topological polar surface area (TPSA) is 55.1 Å². The van der Waals surface area contributed by atoms with Crippen LogP contribution in [-0.4, -0.2) is 10.9 Å². The standard InChI is InChI=1S/C19H12ClFN2O2/c20-14-4-3-12-7-13-8-17(25-19(13)23-16(12)9-14)18(24)22-10-11-1-5-15(21)6-2-11/h1-9H,10H2,(H,22,24). The molecule has 6 heteroatoms. The van der Waals surface area contributed by atoms with Crippen molar-refractivity contribution in [2.45, 2.75) is 6.54 Å². The molecule has 1 N–H and O–H groups in total. The van der Waals surface area contributed by atoms with E-state index in [4.69, 9.17) is 16.0 Å². The van der Waals surface area contributed by atoms with Gasteiger partial charge in [-0.25, -0.2) is 9.37 Å². The number of nitrogens with zero attached hydrogens (tertiary/aromatic N) is 1. The minimum absolute atomic E-state index is 0.172. The number of carbonyl (C=O) groups is 1. The largest absolute Gasteiger partial charge is 0.433 e. The van der Waals surface area contributed by atoms with Crippen molar-refractivity contribution in [2.24, 2.45) is 0 Å². The number of rotatable bonds is 3. The van der Waals surface area contributed by atoms with Crippen molar-refractivity contribution >= 4 is 39.5 Å². The number of nitrogens with one attached hydrogen (secondary N) is 1. The molecule has 0 saturated heterocycles. The first-order valence-electron chi connectivity index (χ1n) is 7.61. The maximum Gasteiger partial charge on any atom is 0.287 e. The minimum atomic E-state index is -0.357. The summed E-state index contributed by atoms with van der Waals surface area (Å²) < 4.78 is 18.5. The van der Waals surface area contributed by atoms with Crippen molar-refractivity contribution in [1.82, 2.24) is 10.3 Å². The first kappa shape index (κ1) is 15.6. The zero-order chi connectivity index (χ0) is 17.4. The van der Waals surface area contributed by atoms with Crippen LogP contribution < -0.4 is 5.32 Å². The van der Waals surface area contributed by atoms with Crippen LogP contribution >= 0.6 is 11.6 Å². The van der Waals surface area contributed by atoms with Crippen molar-refractivity contribution in [3.05, 3.63) is 76.8 Å². The van der Waals surface area contributed by atoms with Gasteiger partial charge in [-0.1, -0.05) is 29.8 Å². The molecule has 0 saturated carbocycles. The Kier molecular flexibility index (Phi) is 3.86. The lowest BCUT2D eigenvalue weighted by molar-refractivity contribution is 0.0925. The molecule has 0 atom stereocenters. The number of pyridine rings is 1. The highest BCUT2D eigenvalue weighted by atomic mass is 35.5. The van der Waals surface area contributed by atoms with E-state index < -0.39 is 0 Å². The molecule has 2 aromatic heterocycles. The molecule has 4 nitrogen and oxygen atoms in total. The van der Waals surface area contributed by atoms with E-state index in [1.807, 2.05) is 12.1 Å². The minimum Gasteiger partial charge on any atom is -0.433 e. The van der Waals surface area contributed by atoms with Crippen molar-refractivity contribution in [3.8, 4) is 0 Å². The van der Waals surface area contributed by atoms with Crippen LogP contribution in [0.15, 0.2) is 59.0 Å². The molecule has 124 valence electrons. The van der Waals surface area contributed by atoms with Crippen LogP contribution in [0.1, 0.15) is 16.1 Å². The Labute approximate surface area is 147 Å². The van der Waals surface area contributed by atoms with Crippen molar-refractivity contribution in [1.29, 1.82) is 0 Å². The van der Waals surface area contributed by atoms with E-state index in [1.54, 1.807) is 30.3 Å². The highest BCUT2D eigenvalue weighted by Crippen LogP contribution is 2.25. The molecule has 0 fully saturated rings. The molecule has 0 aliphatic rings. The molecule has 25 heavy (non-hydrogen) atoms. The number of halogens is 2. The summed E-state index contributed by atoms with van der Waals surface area (Å²) in [7, 11) is 0. The third-order valence-electron chi connectivity index (χ3n) is 3.86. The van der Waals surface area contributed by atoms with E-state index in [-0.39, 0.29) is 24.0 Å². The molecule has 4 rings (SSSR count). The van der Waals surface area contributed by atoms with Gasteiger partial charge in [-0.05, 0) is 42.0 Å². The number of furan rings is 1. The number of amides is 1. The van der Waals surface area contributed by atoms with E-state index in [0.29, 0.717) is 16.3 Å². The Bertz CT molecular complexity index is 1090. The van der Waals surface area contributed by atoms with Crippen molar-refractivity contribution in [3.63, 3.8) is 0 Å². The number of aromatic nitrogens is 1. The van der Waals surface area contributed by atoms with Gasteiger partial charge < -0.3 is 9.73 Å². The van der Waals surface area contributed by atoms with Crippen LogP contribution in [0.5, 0.6) is 0 Å². The van der Waals surface area contributed by atoms with Crippen LogP contribution in [0.4, 0.5) is 4.39 Å². The lowest BCUT2D eigenvalue weighted by Gasteiger charge is -2.02. The summed E-state index contributed by atoms with van der Waals surface area (Å²) >= 11 is 5.98. The molecule has 0 aliphatic carbocycles. The Balaban J connectivity index is 1.58. The van der Waals surface area contributed by atoms with Crippen molar-refractivity contribution in [2.75, 3.05) is 0 Å². The fourth-order valence-corrected chi connectivity index (χ4v) is 2.75. The van der Waals surface area contributed by atoms with E-state index in [9.17, 15) is 9.18 Å². The molecule has 0 unspecified atom stereocenters. The Morgan fingerprint density at radius 2 is 1.88 bits per heavy atom. The van der Waals surface area contributed by atoms with Gasteiger partial charge in [0.25, 0.3) is 5.91 Å². The second-order valence-electron chi connectivity index (χ2n) is 5.64. The molecule has 4 aromatic rings. The average Bonchev–Trinajstić information content (AvgIpc) is 3.02. The number of benzene rings is 2. The third-order valence-corrected chi connectivity index (χ3v) is 4.09. The number of fused-ring (bicyclic) bond motifs is 2. The van der Waals surface area contributed by atoms with E-state index in [2.05, 4.69) is 10.3 Å². The summed E-state index contributed by atoms with van der Waals surface area (Å²) in [6.07, 6.45) is 0. The molecular weight excluding hydrogens is 343 g/mol. The second-order valence-corrected chi connectivity index (χ2v) is 6.08. The number of hydrogen-bond donors (Lipinski definition) is 1. The maximum atomic E-state index is 12.9. The normalized spacial score (nSPS) is 11.1. The Morgan fingerprint density at radius 3 is 2.68 bits per heavy atom. The van der Waals surface area contributed by atoms with Crippen LogP contribution in [0.2, 0.25) is 5.02 Å². The van der Waals surface area contributed by atoms with Gasteiger partial charge in [-0.15, -0.1) is 0 Å². The van der Waals surface area contributed by atoms with Gasteiger partial charge in [-0.3, -0.25) is 4.79 Å². The van der Waals surface area contributed by atoms with Gasteiger partial charge >= 0.3 is 0 Å². The van der Waals surface area contributed by atoms with Gasteiger partial charge in [0.1, 0.15) is 5.82 Å². The molecule has 0 bridgehead atoms. The van der Waals surface area contributed by atoms with E-state index in [1.165, 1.54) is 12.1 Å². The molecule has 2 aromatic carbocycles. The predicted molar refractivity (Wildman–Crippen MR) is 94.1 cm³/mol. The molecule has 0 aliphatic heterocycles. The molecule has 2 heterocycles. The van der Waals surface area contributed by atoms with Gasteiger partial charge in [0.05, 0.1) is 5.52 Å². The Morgan fingerprint density at radius 1 is 1.08 bits per heavy atom. The molecular formula is C19H12ClFN2O2. The van der Waals surface area contributed by atoms with Crippen LogP contribution in [0, 0.1) is 5.82 Å². The lowest BCUT2D eigenvalue weighted by Crippen LogP contribution is -2.22. The summed E-state index contributed by atoms with van der Waals surface area (Å²) in [6.45, 7) is 0.279. The lowest BCUT2D eigenvalue weighted by atomic mass is 10.2. The fourth-order valence-electron chi connectivity index (χ4n) is 2.58. The van der Waals surface area contributed by atoms with Crippen LogP contribution in [0.25, 0.3) is 22.0 Å². The van der Waals surface area contributed by atoms with E-state index in [0.717, 1.165) is 16.3 Å². The second kappa shape index (κ2) is 6.18. The highest BCUT2D eigenvalue weighted by Gasteiger charge is 2.14. The van der Waals surface area contributed by atoms with Crippen LogP contribution in [0.3, 0.4) is 0 Å². The zero-order valence-electron chi connectivity index (χ0n) is 12.9. The third kappa shape index (κ3) is 3.19. The van der Waals surface area contributed by atoms with Gasteiger partial charge in [0.2, 0.25) is 5.71 Å². The summed E-state index contributed by atoms with van der Waals surface area (Å²) in [6, 6.07) is 14.9. The molecule has 0 spiro atoms. The average molecular weight is 355 g/mol. The number of carbonyl (C=O) groups excluding carboxylic acids is 1. The SMILES string of the molecule is O=C(NCc1ccc(F)cc1)c1cc2cc3ccc(Cl)cc3nc2o1. The quantitative estimate of drug-likeness (QED) is 0.580. The van der Waals surface area contributed by atoms with Gasteiger partial charge in [-0.2, -0.15) is 0 Å². The number of hydrogen-bond acceptors (Lipinski definition) is 3. The fraction of sp³-hybridized carbons (Fsp3) is 0.0526. The summed E-state index contributed by atoms with van der Waals surface area (Å²) in [4.78, 5) is 16.7.